The van der Waals surface area contributed by atoms with E-state index in [1.54, 1.807) is 6.92 Å². The van der Waals surface area contributed by atoms with Crippen LogP contribution in [0.25, 0.3) is 0 Å². The fourth-order valence-electron chi connectivity index (χ4n) is 2.46. The normalized spacial score (nSPS) is 14.2. The second-order valence-corrected chi connectivity index (χ2v) is 7.85. The first-order valence-electron chi connectivity index (χ1n) is 7.33. The number of carbonyl (C=O) groups is 1. The zero-order valence-corrected chi connectivity index (χ0v) is 14.4. The average molecular weight is 342 g/mol. The van der Waals surface area contributed by atoms with Gasteiger partial charge in [0, 0.05) is 12.3 Å². The Kier molecular flexibility index (Phi) is 5.87. The van der Waals surface area contributed by atoms with Gasteiger partial charge in [0.05, 0.1) is 10.3 Å². The number of unbranched alkanes of at least 4 members (excludes halogenated alkanes) is 2. The standard InChI is InChI=1S/C15H22N2O5S/c1-4-5-6-9-15(2,14(16)18)11-7-8-13(23(3,21)22)12(10-11)17(19)20/h7-8,10H,4-6,9H2,1-3H3,(H2,16,18). The summed E-state index contributed by atoms with van der Waals surface area (Å²) in [6.07, 6.45) is 3.97. The first-order chi connectivity index (χ1) is 10.5. The number of nitro groups is 1. The van der Waals surface area contributed by atoms with E-state index in [2.05, 4.69) is 0 Å². The van der Waals surface area contributed by atoms with Crippen molar-refractivity contribution >= 4 is 21.4 Å². The minimum absolute atomic E-state index is 0.361. The number of hydrogen-bond donors (Lipinski definition) is 1. The molecule has 0 saturated heterocycles. The Morgan fingerprint density at radius 3 is 2.39 bits per heavy atom. The zero-order chi connectivity index (χ0) is 17.8. The van der Waals surface area contributed by atoms with Gasteiger partial charge in [0.2, 0.25) is 5.91 Å². The fraction of sp³-hybridized carbons (Fsp3) is 0.533. The van der Waals surface area contributed by atoms with E-state index in [0.717, 1.165) is 31.6 Å². The highest BCUT2D eigenvalue weighted by Gasteiger charge is 2.35. The van der Waals surface area contributed by atoms with Gasteiger partial charge in [-0.3, -0.25) is 14.9 Å². The molecule has 1 aromatic rings. The van der Waals surface area contributed by atoms with Crippen molar-refractivity contribution < 1.29 is 18.1 Å². The molecule has 1 amide bonds. The molecule has 7 nitrogen and oxygen atoms in total. The second kappa shape index (κ2) is 7.08. The van der Waals surface area contributed by atoms with Crippen molar-refractivity contribution in [3.8, 4) is 0 Å². The molecule has 0 aliphatic rings. The van der Waals surface area contributed by atoms with Crippen molar-refractivity contribution in [3.05, 3.63) is 33.9 Å². The summed E-state index contributed by atoms with van der Waals surface area (Å²) in [5.74, 6) is -0.588. The molecule has 1 aromatic carbocycles. The smallest absolute Gasteiger partial charge is 0.288 e. The van der Waals surface area contributed by atoms with Gasteiger partial charge in [-0.15, -0.1) is 0 Å². The van der Waals surface area contributed by atoms with Gasteiger partial charge in [0.25, 0.3) is 5.69 Å². The number of nitrogens with two attached hydrogens (primary N) is 1. The van der Waals surface area contributed by atoms with Gasteiger partial charge in [0.15, 0.2) is 9.84 Å². The molecule has 0 spiro atoms. The first-order valence-corrected chi connectivity index (χ1v) is 9.22. The molecule has 1 atom stereocenters. The molecule has 0 saturated carbocycles. The molecule has 0 radical (unpaired) electrons. The van der Waals surface area contributed by atoms with Crippen LogP contribution in [0.15, 0.2) is 23.1 Å². The molecular weight excluding hydrogens is 320 g/mol. The summed E-state index contributed by atoms with van der Waals surface area (Å²) in [7, 11) is -3.74. The van der Waals surface area contributed by atoms with E-state index in [0.29, 0.717) is 12.0 Å². The summed E-state index contributed by atoms with van der Waals surface area (Å²) < 4.78 is 23.3. The van der Waals surface area contributed by atoms with E-state index in [-0.39, 0.29) is 4.90 Å². The topological polar surface area (TPSA) is 120 Å². The van der Waals surface area contributed by atoms with Crippen molar-refractivity contribution in [2.45, 2.75) is 49.8 Å². The molecule has 0 aliphatic heterocycles. The molecule has 23 heavy (non-hydrogen) atoms. The first kappa shape index (κ1) is 19.1. The maximum Gasteiger partial charge on any atom is 0.288 e. The Morgan fingerprint density at radius 2 is 1.96 bits per heavy atom. The van der Waals surface area contributed by atoms with Crippen molar-refractivity contribution in [1.29, 1.82) is 0 Å². The molecule has 0 heterocycles. The number of rotatable bonds is 8. The minimum atomic E-state index is -3.74. The van der Waals surface area contributed by atoms with E-state index in [1.165, 1.54) is 12.1 Å². The van der Waals surface area contributed by atoms with Crippen LogP contribution in [0, 0.1) is 10.1 Å². The SMILES string of the molecule is CCCCCC(C)(C(N)=O)c1ccc(S(C)(=O)=O)c([N+](=O)[O-])c1. The average Bonchev–Trinajstić information content (AvgIpc) is 2.45. The molecule has 1 rings (SSSR count). The quantitative estimate of drug-likeness (QED) is 0.441. The molecular formula is C15H22N2O5S. The van der Waals surface area contributed by atoms with Crippen LogP contribution in [0.4, 0.5) is 5.69 Å². The lowest BCUT2D eigenvalue weighted by Gasteiger charge is -2.26. The monoisotopic (exact) mass is 342 g/mol. The van der Waals surface area contributed by atoms with Crippen molar-refractivity contribution in [2.75, 3.05) is 6.26 Å². The van der Waals surface area contributed by atoms with Crippen molar-refractivity contribution in [2.24, 2.45) is 5.73 Å². The number of hydrogen-bond acceptors (Lipinski definition) is 5. The Morgan fingerprint density at radius 1 is 1.35 bits per heavy atom. The number of carbonyl (C=O) groups excluding carboxylic acids is 1. The van der Waals surface area contributed by atoms with E-state index < -0.39 is 31.8 Å². The third-order valence-corrected chi connectivity index (χ3v) is 5.16. The summed E-state index contributed by atoms with van der Waals surface area (Å²) in [5, 5.41) is 11.2. The van der Waals surface area contributed by atoms with E-state index in [1.807, 2.05) is 6.92 Å². The van der Waals surface area contributed by atoms with Crippen LogP contribution in [0.1, 0.15) is 45.1 Å². The minimum Gasteiger partial charge on any atom is -0.369 e. The molecule has 128 valence electrons. The number of sulfone groups is 1. The lowest BCUT2D eigenvalue weighted by atomic mass is 9.77. The van der Waals surface area contributed by atoms with Crippen LogP contribution >= 0.6 is 0 Å². The van der Waals surface area contributed by atoms with Gasteiger partial charge in [-0.1, -0.05) is 32.3 Å². The van der Waals surface area contributed by atoms with Crippen LogP contribution in [-0.2, 0) is 20.0 Å². The Labute approximate surface area is 135 Å². The van der Waals surface area contributed by atoms with Gasteiger partial charge < -0.3 is 5.73 Å². The summed E-state index contributed by atoms with van der Waals surface area (Å²) in [5.41, 5.74) is 4.26. The predicted molar refractivity (Wildman–Crippen MR) is 86.9 cm³/mol. The van der Waals surface area contributed by atoms with Gasteiger partial charge in [-0.2, -0.15) is 0 Å². The van der Waals surface area contributed by atoms with Gasteiger partial charge in [-0.05, 0) is 25.0 Å². The maximum atomic E-state index is 11.9. The third kappa shape index (κ3) is 4.28. The van der Waals surface area contributed by atoms with E-state index in [4.69, 9.17) is 5.73 Å². The number of nitro benzene ring substituents is 1. The van der Waals surface area contributed by atoms with Crippen LogP contribution in [0.2, 0.25) is 0 Å². The molecule has 0 aromatic heterocycles. The molecule has 8 heteroatoms. The number of amides is 1. The van der Waals surface area contributed by atoms with Crippen LogP contribution in [0.3, 0.4) is 0 Å². The van der Waals surface area contributed by atoms with Gasteiger partial charge >= 0.3 is 0 Å². The summed E-state index contributed by atoms with van der Waals surface area (Å²) in [6.45, 7) is 3.65. The summed E-state index contributed by atoms with van der Waals surface area (Å²) in [6, 6.07) is 3.75. The molecule has 0 fully saturated rings. The fourth-order valence-corrected chi connectivity index (χ4v) is 3.28. The number of primary amides is 1. The highest BCUT2D eigenvalue weighted by molar-refractivity contribution is 7.90. The molecule has 1 unspecified atom stereocenters. The Hall–Kier alpha value is -1.96. The predicted octanol–water partition coefficient (Wildman–Crippen LogP) is 2.32. The summed E-state index contributed by atoms with van der Waals surface area (Å²) >= 11 is 0. The molecule has 2 N–H and O–H groups in total. The zero-order valence-electron chi connectivity index (χ0n) is 13.5. The van der Waals surface area contributed by atoms with E-state index in [9.17, 15) is 23.3 Å². The molecule has 0 bridgehead atoms. The van der Waals surface area contributed by atoms with Crippen LogP contribution in [0.5, 0.6) is 0 Å². The van der Waals surface area contributed by atoms with Crippen molar-refractivity contribution in [3.63, 3.8) is 0 Å². The molecule has 0 aliphatic carbocycles. The second-order valence-electron chi connectivity index (χ2n) is 5.87. The highest BCUT2D eigenvalue weighted by atomic mass is 32.2. The van der Waals surface area contributed by atoms with E-state index >= 15 is 0 Å². The third-order valence-electron chi connectivity index (χ3n) is 4.02. The van der Waals surface area contributed by atoms with Crippen molar-refractivity contribution in [1.82, 2.24) is 0 Å². The number of benzene rings is 1. The largest absolute Gasteiger partial charge is 0.369 e. The van der Waals surface area contributed by atoms with Crippen LogP contribution < -0.4 is 5.73 Å². The number of nitrogens with zero attached hydrogens (tertiary/aromatic N) is 1. The lowest BCUT2D eigenvalue weighted by Crippen LogP contribution is -2.38. The maximum absolute atomic E-state index is 11.9. The summed E-state index contributed by atoms with van der Waals surface area (Å²) in [4.78, 5) is 22.0. The Balaban J connectivity index is 3.43. The lowest BCUT2D eigenvalue weighted by molar-refractivity contribution is -0.387. The Bertz CT molecular complexity index is 715. The van der Waals surface area contributed by atoms with Crippen LogP contribution in [-0.4, -0.2) is 25.5 Å². The van der Waals surface area contributed by atoms with Gasteiger partial charge in [0.1, 0.15) is 4.90 Å². The highest BCUT2D eigenvalue weighted by Crippen LogP contribution is 2.34. The van der Waals surface area contributed by atoms with Gasteiger partial charge in [-0.25, -0.2) is 8.42 Å².